The first-order valence-electron chi connectivity index (χ1n) is 19.8. The number of rotatable bonds is 32. The lowest BCUT2D eigenvalue weighted by atomic mass is 10.00. The van der Waals surface area contributed by atoms with Gasteiger partial charge in [-0.15, -0.1) is 10.2 Å². The van der Waals surface area contributed by atoms with Crippen LogP contribution in [-0.4, -0.2) is 163 Å². The minimum absolute atomic E-state index is 0.121. The van der Waals surface area contributed by atoms with Crippen LogP contribution in [0.5, 0.6) is 5.75 Å². The van der Waals surface area contributed by atoms with Gasteiger partial charge in [-0.3, -0.25) is 14.4 Å². The third-order valence-corrected chi connectivity index (χ3v) is 8.64. The zero-order valence-corrected chi connectivity index (χ0v) is 34.6. The molecule has 0 saturated carbocycles. The molecule has 59 heavy (non-hydrogen) atoms. The number of carboxylic acid groups (broad SMARTS) is 1. The van der Waals surface area contributed by atoms with E-state index in [4.69, 9.17) is 64.3 Å². The molecule has 3 N–H and O–H groups in total. The van der Waals surface area contributed by atoms with Gasteiger partial charge in [0.15, 0.2) is 5.82 Å². The van der Waals surface area contributed by atoms with E-state index in [1.165, 1.54) is 0 Å². The maximum atomic E-state index is 12.7. The third-order valence-electron chi connectivity index (χ3n) is 8.39. The van der Waals surface area contributed by atoms with E-state index in [2.05, 4.69) is 20.8 Å². The van der Waals surface area contributed by atoms with E-state index in [0.29, 0.717) is 147 Å². The molecule has 0 unspecified atom stereocenters. The summed E-state index contributed by atoms with van der Waals surface area (Å²) in [5, 5.41) is 22.9. The summed E-state index contributed by atoms with van der Waals surface area (Å²) < 4.78 is 51.9. The van der Waals surface area contributed by atoms with Crippen molar-refractivity contribution >= 4 is 29.3 Å². The fourth-order valence-electron chi connectivity index (χ4n) is 5.67. The number of carbonyl (C=O) groups is 2. The second-order valence-corrected chi connectivity index (χ2v) is 13.2. The van der Waals surface area contributed by atoms with Gasteiger partial charge < -0.3 is 58.4 Å². The number of aryl methyl sites for hydroxylation is 1. The van der Waals surface area contributed by atoms with Crippen molar-refractivity contribution in [2.75, 3.05) is 125 Å². The predicted molar refractivity (Wildman–Crippen MR) is 217 cm³/mol. The minimum Gasteiger partial charge on any atom is -0.491 e. The number of carbonyl (C=O) groups excluding carboxylic acids is 1. The normalized spacial score (nSPS) is 13.3. The average molecular weight is 849 g/mol. The van der Waals surface area contributed by atoms with E-state index in [1.807, 2.05) is 60.9 Å². The number of aromatic nitrogens is 3. The number of fused-ring (bicyclic) bond motifs is 3. The third kappa shape index (κ3) is 17.9. The number of hydrogen-bond donors (Lipinski definition) is 3. The highest BCUT2D eigenvalue weighted by Gasteiger charge is 2.30. The SMILES string of the molecule is CCNC(=O)C[C@@H]1N=C(c2ccc(Cl)cc2)c2cc(OCCOCCOCCOCCOCCOCCOCCOCCOCCNC(=O)O)ccc2-n2c(C)nnc21. The van der Waals surface area contributed by atoms with Gasteiger partial charge in [-0.2, -0.15) is 0 Å². The fraction of sp³-hybridized carbons (Fsp3) is 0.575. The fourth-order valence-corrected chi connectivity index (χ4v) is 5.80. The maximum Gasteiger partial charge on any atom is 0.404 e. The van der Waals surface area contributed by atoms with E-state index >= 15 is 0 Å². The topological polar surface area (TPSA) is 205 Å². The average Bonchev–Trinajstić information content (AvgIpc) is 3.55. The molecule has 1 atom stereocenters. The molecular weight excluding hydrogens is 792 g/mol. The molecule has 2 heterocycles. The smallest absolute Gasteiger partial charge is 0.404 e. The summed E-state index contributed by atoms with van der Waals surface area (Å²) in [5.74, 6) is 1.80. The highest BCUT2D eigenvalue weighted by atomic mass is 35.5. The van der Waals surface area contributed by atoms with E-state index in [0.717, 1.165) is 16.8 Å². The second kappa shape index (κ2) is 28.3. The molecule has 326 valence electrons. The van der Waals surface area contributed by atoms with Crippen LogP contribution in [0.1, 0.15) is 42.2 Å². The molecule has 2 amide bonds. The summed E-state index contributed by atoms with van der Waals surface area (Å²) in [6.07, 6.45) is -0.946. The summed E-state index contributed by atoms with van der Waals surface area (Å²) in [6, 6.07) is 12.7. The summed E-state index contributed by atoms with van der Waals surface area (Å²) >= 11 is 6.22. The van der Waals surface area contributed by atoms with Gasteiger partial charge in [0.1, 0.15) is 24.2 Å². The van der Waals surface area contributed by atoms with Crippen molar-refractivity contribution in [3.05, 3.63) is 70.3 Å². The number of benzene rings is 2. The molecule has 2 aromatic carbocycles. The molecular formula is C40H57ClN6O12. The molecule has 0 bridgehead atoms. The number of amides is 2. The molecule has 0 aliphatic carbocycles. The Bertz CT molecular complexity index is 1700. The van der Waals surface area contributed by atoms with Gasteiger partial charge in [-0.1, -0.05) is 23.7 Å². The van der Waals surface area contributed by atoms with Crippen molar-refractivity contribution in [3.63, 3.8) is 0 Å². The maximum absolute atomic E-state index is 12.7. The van der Waals surface area contributed by atoms with Crippen LogP contribution in [0.15, 0.2) is 47.5 Å². The highest BCUT2D eigenvalue weighted by molar-refractivity contribution is 6.30. The lowest BCUT2D eigenvalue weighted by Crippen LogP contribution is -2.25. The minimum atomic E-state index is -1.07. The van der Waals surface area contributed by atoms with Gasteiger partial charge in [0.05, 0.1) is 124 Å². The monoisotopic (exact) mass is 848 g/mol. The molecule has 19 heteroatoms. The zero-order chi connectivity index (χ0) is 41.9. The molecule has 1 aliphatic heterocycles. The van der Waals surface area contributed by atoms with Gasteiger partial charge in [0.25, 0.3) is 0 Å². The van der Waals surface area contributed by atoms with E-state index in [9.17, 15) is 9.59 Å². The van der Waals surface area contributed by atoms with E-state index in [-0.39, 0.29) is 18.9 Å². The summed E-state index contributed by atoms with van der Waals surface area (Å²) in [4.78, 5) is 28.1. The van der Waals surface area contributed by atoms with Gasteiger partial charge in [0.2, 0.25) is 5.91 Å². The molecule has 0 spiro atoms. The first-order valence-corrected chi connectivity index (χ1v) is 20.1. The van der Waals surface area contributed by atoms with Crippen molar-refractivity contribution in [1.29, 1.82) is 0 Å². The second-order valence-electron chi connectivity index (χ2n) is 12.8. The first kappa shape index (κ1) is 47.4. The zero-order valence-electron chi connectivity index (χ0n) is 33.9. The van der Waals surface area contributed by atoms with E-state index in [1.54, 1.807) is 0 Å². The molecule has 1 aliphatic rings. The summed E-state index contributed by atoms with van der Waals surface area (Å²) in [6.45, 7) is 11.7. The van der Waals surface area contributed by atoms with Crippen molar-refractivity contribution in [1.82, 2.24) is 25.4 Å². The molecule has 4 rings (SSSR count). The Labute approximate surface area is 349 Å². The van der Waals surface area contributed by atoms with Crippen molar-refractivity contribution < 1.29 is 57.3 Å². The van der Waals surface area contributed by atoms with Crippen LogP contribution in [-0.2, 0) is 42.7 Å². The number of halogens is 1. The van der Waals surface area contributed by atoms with Crippen LogP contribution in [0.25, 0.3) is 5.69 Å². The number of hydrogen-bond acceptors (Lipinski definition) is 14. The van der Waals surface area contributed by atoms with Gasteiger partial charge in [-0.05, 0) is 44.2 Å². The van der Waals surface area contributed by atoms with E-state index < -0.39 is 12.1 Å². The molecule has 0 saturated heterocycles. The van der Waals surface area contributed by atoms with Crippen molar-refractivity contribution in [3.8, 4) is 11.4 Å². The van der Waals surface area contributed by atoms with Gasteiger partial charge in [-0.25, -0.2) is 4.79 Å². The molecule has 3 aromatic rings. The predicted octanol–water partition coefficient (Wildman–Crippen LogP) is 3.43. The van der Waals surface area contributed by atoms with Crippen molar-refractivity contribution in [2.45, 2.75) is 26.3 Å². The Hall–Kier alpha value is -4.24. The molecule has 0 radical (unpaired) electrons. The van der Waals surface area contributed by atoms with Crippen LogP contribution in [0.4, 0.5) is 4.79 Å². The van der Waals surface area contributed by atoms with Gasteiger partial charge >= 0.3 is 6.09 Å². The molecule has 1 aromatic heterocycles. The highest BCUT2D eigenvalue weighted by Crippen LogP contribution is 2.34. The number of aliphatic imine (C=N–C) groups is 1. The molecule has 18 nitrogen and oxygen atoms in total. The van der Waals surface area contributed by atoms with Crippen LogP contribution in [0, 0.1) is 6.92 Å². The largest absolute Gasteiger partial charge is 0.491 e. The summed E-state index contributed by atoms with van der Waals surface area (Å²) in [5.41, 5.74) is 3.19. The Morgan fingerprint density at radius 1 is 0.695 bits per heavy atom. The van der Waals surface area contributed by atoms with Crippen LogP contribution < -0.4 is 15.4 Å². The Morgan fingerprint density at radius 2 is 1.20 bits per heavy atom. The Morgan fingerprint density at radius 3 is 1.71 bits per heavy atom. The van der Waals surface area contributed by atoms with Crippen LogP contribution in [0.3, 0.4) is 0 Å². The summed E-state index contributed by atoms with van der Waals surface area (Å²) in [7, 11) is 0. The Balaban J connectivity index is 1.02. The number of nitrogens with one attached hydrogen (secondary N) is 2. The van der Waals surface area contributed by atoms with Crippen LogP contribution in [0.2, 0.25) is 5.02 Å². The standard InChI is InChI=1S/C40H57ClN6O12/c1-3-42-37(48)29-35-39-46-45-30(2)47(39)36-9-8-33(28-34(36)38(44-35)31-4-6-32(41)7-5-31)59-27-26-58-25-24-57-23-22-56-21-20-55-19-18-54-17-16-53-15-14-52-13-12-51-11-10-43-40(49)50/h4-9,28,35,43H,3,10-27,29H2,1-2H3,(H,42,48)(H,49,50)/t35-/m0/s1. The van der Waals surface area contributed by atoms with Crippen LogP contribution >= 0.6 is 11.6 Å². The van der Waals surface area contributed by atoms with Gasteiger partial charge in [0, 0.05) is 29.2 Å². The molecule has 0 fully saturated rings. The lowest BCUT2D eigenvalue weighted by Gasteiger charge is -2.15. The first-order chi connectivity index (χ1) is 28.9. The van der Waals surface area contributed by atoms with Crippen molar-refractivity contribution in [2.24, 2.45) is 4.99 Å². The lowest BCUT2D eigenvalue weighted by molar-refractivity contribution is -0.121. The Kier molecular flexibility index (Phi) is 22.7. The number of nitrogens with zero attached hydrogens (tertiary/aromatic N) is 4. The number of ether oxygens (including phenoxy) is 9. The quantitative estimate of drug-likeness (QED) is 0.0771.